The van der Waals surface area contributed by atoms with Gasteiger partial charge in [-0.05, 0) is 23.6 Å². The van der Waals surface area contributed by atoms with Crippen molar-refractivity contribution < 1.29 is 13.9 Å². The van der Waals surface area contributed by atoms with Gasteiger partial charge in [-0.15, -0.1) is 0 Å². The molecule has 0 unspecified atom stereocenters. The summed E-state index contributed by atoms with van der Waals surface area (Å²) in [6.45, 7) is 4.16. The van der Waals surface area contributed by atoms with E-state index in [0.717, 1.165) is 5.56 Å². The highest BCUT2D eigenvalue weighted by Crippen LogP contribution is 2.25. The number of halogens is 1. The lowest BCUT2D eigenvalue weighted by Crippen LogP contribution is -2.07. The zero-order valence-corrected chi connectivity index (χ0v) is 11.8. The molecule has 0 atom stereocenters. The Balaban J connectivity index is 2.41. The summed E-state index contributed by atoms with van der Waals surface area (Å²) < 4.78 is 18.9. The number of ether oxygens (including phenoxy) is 1. The molecular formula is C17H17FO2. The average Bonchev–Trinajstić information content (AvgIpc) is 2.46. The Morgan fingerprint density at radius 2 is 1.75 bits per heavy atom. The molecule has 0 N–H and O–H groups in total. The van der Waals surface area contributed by atoms with Gasteiger partial charge in [-0.25, -0.2) is 4.39 Å². The Labute approximate surface area is 118 Å². The van der Waals surface area contributed by atoms with Gasteiger partial charge in [-0.2, -0.15) is 0 Å². The summed E-state index contributed by atoms with van der Waals surface area (Å²) in [5.41, 5.74) is 1.58. The highest BCUT2D eigenvalue weighted by molar-refractivity contribution is 6.10. The van der Waals surface area contributed by atoms with E-state index in [-0.39, 0.29) is 17.1 Å². The molecule has 2 rings (SSSR count). The van der Waals surface area contributed by atoms with Crippen molar-refractivity contribution in [3.8, 4) is 5.75 Å². The molecule has 0 aliphatic carbocycles. The van der Waals surface area contributed by atoms with E-state index in [2.05, 4.69) is 13.8 Å². The maximum absolute atomic E-state index is 13.9. The number of ketones is 1. The van der Waals surface area contributed by atoms with Crippen molar-refractivity contribution >= 4 is 5.78 Å². The molecule has 2 nitrogen and oxygen atoms in total. The quantitative estimate of drug-likeness (QED) is 0.780. The second-order valence-electron chi connectivity index (χ2n) is 4.92. The van der Waals surface area contributed by atoms with E-state index < -0.39 is 5.82 Å². The molecule has 0 heterocycles. The summed E-state index contributed by atoms with van der Waals surface area (Å²) in [6.07, 6.45) is 0. The van der Waals surface area contributed by atoms with E-state index in [1.54, 1.807) is 18.2 Å². The van der Waals surface area contributed by atoms with Crippen LogP contribution in [0.15, 0.2) is 42.5 Å². The van der Waals surface area contributed by atoms with Crippen molar-refractivity contribution in [2.24, 2.45) is 0 Å². The predicted molar refractivity (Wildman–Crippen MR) is 76.9 cm³/mol. The second kappa shape index (κ2) is 5.87. The molecule has 0 spiro atoms. The molecule has 20 heavy (non-hydrogen) atoms. The molecule has 3 heteroatoms. The minimum absolute atomic E-state index is 0.0210. The number of hydrogen-bond acceptors (Lipinski definition) is 2. The van der Waals surface area contributed by atoms with Crippen LogP contribution >= 0.6 is 0 Å². The fraction of sp³-hybridized carbons (Fsp3) is 0.235. The maximum atomic E-state index is 13.9. The van der Waals surface area contributed by atoms with Crippen molar-refractivity contribution in [3.05, 3.63) is 65.0 Å². The minimum Gasteiger partial charge on any atom is -0.496 e. The van der Waals surface area contributed by atoms with Crippen LogP contribution in [0, 0.1) is 5.82 Å². The van der Waals surface area contributed by atoms with Crippen LogP contribution in [-0.2, 0) is 0 Å². The molecule has 0 saturated carbocycles. The van der Waals surface area contributed by atoms with Crippen LogP contribution in [0.25, 0.3) is 0 Å². The van der Waals surface area contributed by atoms with Gasteiger partial charge in [-0.3, -0.25) is 4.79 Å². The van der Waals surface area contributed by atoms with E-state index in [1.807, 2.05) is 12.1 Å². The summed E-state index contributed by atoms with van der Waals surface area (Å²) >= 11 is 0. The number of rotatable bonds is 4. The minimum atomic E-state index is -0.567. The van der Waals surface area contributed by atoms with Gasteiger partial charge in [-0.1, -0.05) is 44.2 Å². The van der Waals surface area contributed by atoms with Crippen LogP contribution in [0.4, 0.5) is 4.39 Å². The number of carbonyl (C=O) groups is 1. The number of benzene rings is 2. The zero-order chi connectivity index (χ0) is 14.7. The molecule has 0 bridgehead atoms. The first-order valence-electron chi connectivity index (χ1n) is 6.51. The largest absolute Gasteiger partial charge is 0.496 e. The third-order valence-corrected chi connectivity index (χ3v) is 3.26. The van der Waals surface area contributed by atoms with Crippen molar-refractivity contribution in [2.75, 3.05) is 7.11 Å². The summed E-state index contributed by atoms with van der Waals surface area (Å²) in [4.78, 5) is 12.4. The van der Waals surface area contributed by atoms with Crippen molar-refractivity contribution in [1.82, 2.24) is 0 Å². The fourth-order valence-corrected chi connectivity index (χ4v) is 2.06. The third-order valence-electron chi connectivity index (χ3n) is 3.26. The topological polar surface area (TPSA) is 26.3 Å². The SMILES string of the molecule is COc1cccc(F)c1C(=O)c1ccc(C(C)C)cc1. The van der Waals surface area contributed by atoms with E-state index in [1.165, 1.54) is 19.2 Å². The Morgan fingerprint density at radius 1 is 1.10 bits per heavy atom. The third kappa shape index (κ3) is 2.72. The summed E-state index contributed by atoms with van der Waals surface area (Å²) in [6, 6.07) is 11.6. The monoisotopic (exact) mass is 272 g/mol. The molecule has 104 valence electrons. The summed E-state index contributed by atoms with van der Waals surface area (Å²) in [5, 5.41) is 0. The van der Waals surface area contributed by atoms with Crippen molar-refractivity contribution in [1.29, 1.82) is 0 Å². The zero-order valence-electron chi connectivity index (χ0n) is 11.8. The lowest BCUT2D eigenvalue weighted by Gasteiger charge is -2.10. The van der Waals surface area contributed by atoms with Crippen molar-refractivity contribution in [3.63, 3.8) is 0 Å². The first kappa shape index (κ1) is 14.3. The molecule has 0 aliphatic heterocycles. The van der Waals surface area contributed by atoms with Gasteiger partial charge in [0.2, 0.25) is 0 Å². The molecule has 0 amide bonds. The van der Waals surface area contributed by atoms with E-state index in [9.17, 15) is 9.18 Å². The first-order chi connectivity index (χ1) is 9.54. The predicted octanol–water partition coefficient (Wildman–Crippen LogP) is 4.19. The fourth-order valence-electron chi connectivity index (χ4n) is 2.06. The summed E-state index contributed by atoms with van der Waals surface area (Å²) in [7, 11) is 1.42. The lowest BCUT2D eigenvalue weighted by atomic mass is 9.97. The van der Waals surface area contributed by atoms with Crippen LogP contribution in [0.2, 0.25) is 0 Å². The molecule has 0 radical (unpaired) electrons. The smallest absolute Gasteiger partial charge is 0.199 e. The van der Waals surface area contributed by atoms with Gasteiger partial charge in [0.15, 0.2) is 5.78 Å². The molecule has 0 fully saturated rings. The number of hydrogen-bond donors (Lipinski definition) is 0. The Morgan fingerprint density at radius 3 is 2.30 bits per heavy atom. The standard InChI is InChI=1S/C17H17FO2/c1-11(2)12-7-9-13(10-8-12)17(19)16-14(18)5-4-6-15(16)20-3/h4-11H,1-3H3. The van der Waals surface area contributed by atoms with Gasteiger partial charge in [0.05, 0.1) is 7.11 Å². The van der Waals surface area contributed by atoms with Gasteiger partial charge < -0.3 is 4.74 Å². The number of carbonyl (C=O) groups excluding carboxylic acids is 1. The van der Waals surface area contributed by atoms with Gasteiger partial charge >= 0.3 is 0 Å². The van der Waals surface area contributed by atoms with Crippen LogP contribution in [0.1, 0.15) is 41.3 Å². The van der Waals surface area contributed by atoms with E-state index in [0.29, 0.717) is 11.5 Å². The lowest BCUT2D eigenvalue weighted by molar-refractivity contribution is 0.103. The highest BCUT2D eigenvalue weighted by Gasteiger charge is 2.19. The van der Waals surface area contributed by atoms with Crippen molar-refractivity contribution in [2.45, 2.75) is 19.8 Å². The van der Waals surface area contributed by atoms with Crippen LogP contribution < -0.4 is 4.74 Å². The molecule has 2 aromatic carbocycles. The molecule has 0 aromatic heterocycles. The van der Waals surface area contributed by atoms with Crippen LogP contribution in [-0.4, -0.2) is 12.9 Å². The highest BCUT2D eigenvalue weighted by atomic mass is 19.1. The summed E-state index contributed by atoms with van der Waals surface area (Å²) in [5.74, 6) is -0.289. The Kier molecular flexibility index (Phi) is 4.18. The second-order valence-corrected chi connectivity index (χ2v) is 4.92. The molecule has 0 aliphatic rings. The Bertz CT molecular complexity index is 615. The molecule has 0 saturated heterocycles. The van der Waals surface area contributed by atoms with Gasteiger partial charge in [0.1, 0.15) is 17.1 Å². The normalized spacial score (nSPS) is 10.7. The molecular weight excluding hydrogens is 255 g/mol. The van der Waals surface area contributed by atoms with Crippen LogP contribution in [0.5, 0.6) is 5.75 Å². The molecule has 2 aromatic rings. The maximum Gasteiger partial charge on any atom is 0.199 e. The number of methoxy groups -OCH3 is 1. The average molecular weight is 272 g/mol. The van der Waals surface area contributed by atoms with Gasteiger partial charge in [0.25, 0.3) is 0 Å². The van der Waals surface area contributed by atoms with E-state index >= 15 is 0 Å². The Hall–Kier alpha value is -2.16. The first-order valence-corrected chi connectivity index (χ1v) is 6.51. The van der Waals surface area contributed by atoms with Crippen LogP contribution in [0.3, 0.4) is 0 Å². The van der Waals surface area contributed by atoms with Gasteiger partial charge in [0, 0.05) is 5.56 Å². The van der Waals surface area contributed by atoms with E-state index in [4.69, 9.17) is 4.74 Å².